The van der Waals surface area contributed by atoms with Gasteiger partial charge in [-0.15, -0.1) is 11.3 Å². The maximum Gasteiger partial charge on any atom is 0.341 e. The maximum absolute atomic E-state index is 13.4. The number of methoxy groups -OCH3 is 1. The van der Waals surface area contributed by atoms with Crippen LogP contribution in [-0.2, 0) is 11.2 Å². The summed E-state index contributed by atoms with van der Waals surface area (Å²) in [4.78, 5) is 31.6. The lowest BCUT2D eigenvalue weighted by atomic mass is 10.0. The van der Waals surface area contributed by atoms with Gasteiger partial charge < -0.3 is 10.1 Å². The quantitative estimate of drug-likeness (QED) is 0.341. The van der Waals surface area contributed by atoms with E-state index >= 15 is 0 Å². The molecule has 0 radical (unpaired) electrons. The number of carbonyl (C=O) groups excluding carboxylic acids is 2. The van der Waals surface area contributed by atoms with Crippen molar-refractivity contribution in [2.45, 2.75) is 20.3 Å². The van der Waals surface area contributed by atoms with Crippen LogP contribution in [-0.4, -0.2) is 24.0 Å². The molecular weight excluding hydrogens is 444 g/mol. The summed E-state index contributed by atoms with van der Waals surface area (Å²) in [5.74, 6) is -0.768. The number of esters is 1. The first-order chi connectivity index (χ1) is 15.4. The molecule has 5 nitrogen and oxygen atoms in total. The number of carbonyl (C=O) groups is 2. The summed E-state index contributed by atoms with van der Waals surface area (Å²) in [5.41, 5.74) is 4.00. The highest BCUT2D eigenvalue weighted by molar-refractivity contribution is 7.16. The lowest BCUT2D eigenvalue weighted by Crippen LogP contribution is -2.15. The van der Waals surface area contributed by atoms with E-state index in [4.69, 9.17) is 21.3 Å². The molecular formula is C25H21ClN2O3S. The number of aromatic nitrogens is 1. The Hall–Kier alpha value is -3.22. The molecule has 0 saturated heterocycles. The molecule has 0 aliphatic carbocycles. The number of hydrogen-bond donors (Lipinski definition) is 1. The molecule has 0 atom stereocenters. The lowest BCUT2D eigenvalue weighted by Gasteiger charge is -2.11. The molecule has 0 saturated carbocycles. The Labute approximate surface area is 195 Å². The Morgan fingerprint density at radius 2 is 1.84 bits per heavy atom. The number of rotatable bonds is 5. The number of amides is 1. The molecule has 7 heteroatoms. The molecule has 4 rings (SSSR count). The van der Waals surface area contributed by atoms with E-state index in [1.807, 2.05) is 50.2 Å². The predicted octanol–water partition coefficient (Wildman–Crippen LogP) is 6.53. The van der Waals surface area contributed by atoms with Gasteiger partial charge in [-0.1, -0.05) is 48.9 Å². The Bertz CT molecular complexity index is 1330. The summed E-state index contributed by atoms with van der Waals surface area (Å²) in [5, 5.41) is 4.79. The van der Waals surface area contributed by atoms with Gasteiger partial charge in [-0.25, -0.2) is 9.78 Å². The summed E-state index contributed by atoms with van der Waals surface area (Å²) >= 11 is 7.40. The molecule has 0 unspecified atom stereocenters. The number of anilines is 1. The van der Waals surface area contributed by atoms with Crippen molar-refractivity contribution in [3.63, 3.8) is 0 Å². The standard InChI is InChI=1S/C25H21ClN2O3S/c1-4-17-14(2)32-24(22(17)25(30)31-3)28-23(29)19-13-21(15-9-11-16(26)12-10-15)27-20-8-6-5-7-18(19)20/h5-13H,4H2,1-3H3,(H,28,29). The molecule has 0 bridgehead atoms. The fourth-order valence-corrected chi connectivity index (χ4v) is 4.97. The topological polar surface area (TPSA) is 68.3 Å². The van der Waals surface area contributed by atoms with Crippen LogP contribution in [0, 0.1) is 6.92 Å². The third-order valence-corrected chi connectivity index (χ3v) is 6.59. The minimum Gasteiger partial charge on any atom is -0.465 e. The van der Waals surface area contributed by atoms with Gasteiger partial charge in [-0.2, -0.15) is 0 Å². The van der Waals surface area contributed by atoms with Gasteiger partial charge in [-0.3, -0.25) is 4.79 Å². The first-order valence-corrected chi connectivity index (χ1v) is 11.3. The third kappa shape index (κ3) is 4.11. The van der Waals surface area contributed by atoms with Gasteiger partial charge in [0.25, 0.3) is 5.91 Å². The van der Waals surface area contributed by atoms with Gasteiger partial charge in [0, 0.05) is 20.8 Å². The zero-order valence-corrected chi connectivity index (χ0v) is 19.4. The van der Waals surface area contributed by atoms with Gasteiger partial charge in [-0.05, 0) is 43.2 Å². The van der Waals surface area contributed by atoms with Crippen LogP contribution < -0.4 is 5.32 Å². The monoisotopic (exact) mass is 464 g/mol. The Kier molecular flexibility index (Phi) is 6.26. The van der Waals surface area contributed by atoms with Gasteiger partial charge >= 0.3 is 5.97 Å². The van der Waals surface area contributed by atoms with Crippen LogP contribution in [0.15, 0.2) is 54.6 Å². The smallest absolute Gasteiger partial charge is 0.341 e. The van der Waals surface area contributed by atoms with Gasteiger partial charge in [0.15, 0.2) is 0 Å². The van der Waals surface area contributed by atoms with Crippen molar-refractivity contribution in [1.82, 2.24) is 4.98 Å². The highest BCUT2D eigenvalue weighted by atomic mass is 35.5. The van der Waals surface area contributed by atoms with Crippen molar-refractivity contribution < 1.29 is 14.3 Å². The van der Waals surface area contributed by atoms with Crippen LogP contribution in [0.5, 0.6) is 0 Å². The normalized spacial score (nSPS) is 10.9. The molecule has 0 fully saturated rings. The molecule has 0 spiro atoms. The molecule has 2 heterocycles. The second-order valence-electron chi connectivity index (χ2n) is 7.22. The summed E-state index contributed by atoms with van der Waals surface area (Å²) in [6.07, 6.45) is 0.668. The zero-order chi connectivity index (χ0) is 22.8. The number of ether oxygens (including phenoxy) is 1. The number of pyridine rings is 1. The number of nitrogens with one attached hydrogen (secondary N) is 1. The van der Waals surface area contributed by atoms with E-state index in [2.05, 4.69) is 5.32 Å². The van der Waals surface area contributed by atoms with Gasteiger partial charge in [0.2, 0.25) is 0 Å². The van der Waals surface area contributed by atoms with Crippen molar-refractivity contribution in [2.24, 2.45) is 0 Å². The van der Waals surface area contributed by atoms with Gasteiger partial charge in [0.05, 0.1) is 29.4 Å². The van der Waals surface area contributed by atoms with Gasteiger partial charge in [0.1, 0.15) is 5.00 Å². The molecule has 4 aromatic rings. The van der Waals surface area contributed by atoms with Crippen molar-refractivity contribution in [3.8, 4) is 11.3 Å². The number of benzene rings is 2. The zero-order valence-electron chi connectivity index (χ0n) is 17.9. The lowest BCUT2D eigenvalue weighted by molar-refractivity contribution is 0.0601. The summed E-state index contributed by atoms with van der Waals surface area (Å²) in [6.45, 7) is 3.91. The number of para-hydroxylation sites is 1. The van der Waals surface area contributed by atoms with E-state index in [1.165, 1.54) is 18.4 Å². The van der Waals surface area contributed by atoms with E-state index in [0.717, 1.165) is 21.4 Å². The Morgan fingerprint density at radius 3 is 2.53 bits per heavy atom. The Balaban J connectivity index is 1.81. The highest BCUT2D eigenvalue weighted by Crippen LogP contribution is 2.35. The summed E-state index contributed by atoms with van der Waals surface area (Å²) < 4.78 is 4.97. The third-order valence-electron chi connectivity index (χ3n) is 5.28. The number of halogens is 1. The molecule has 32 heavy (non-hydrogen) atoms. The largest absolute Gasteiger partial charge is 0.465 e. The van der Waals surface area contributed by atoms with Crippen LogP contribution in [0.2, 0.25) is 5.02 Å². The molecule has 1 amide bonds. The second kappa shape index (κ2) is 9.10. The number of nitrogens with zero attached hydrogens (tertiary/aromatic N) is 1. The van der Waals surface area contributed by atoms with Crippen molar-refractivity contribution in [3.05, 3.63) is 81.2 Å². The minimum absolute atomic E-state index is 0.312. The molecule has 0 aliphatic rings. The molecule has 1 N–H and O–H groups in total. The van der Waals surface area contributed by atoms with E-state index in [1.54, 1.807) is 18.2 Å². The minimum atomic E-state index is -0.456. The van der Waals surface area contributed by atoms with Crippen molar-refractivity contribution in [2.75, 3.05) is 12.4 Å². The molecule has 0 aliphatic heterocycles. The van der Waals surface area contributed by atoms with E-state index < -0.39 is 5.97 Å². The SMILES string of the molecule is CCc1c(C)sc(NC(=O)c2cc(-c3ccc(Cl)cc3)nc3ccccc23)c1C(=O)OC. The van der Waals surface area contributed by atoms with E-state index in [9.17, 15) is 9.59 Å². The molecule has 2 aromatic carbocycles. The first-order valence-electron chi connectivity index (χ1n) is 10.1. The predicted molar refractivity (Wildman–Crippen MR) is 130 cm³/mol. The van der Waals surface area contributed by atoms with Crippen LogP contribution in [0.1, 0.15) is 38.1 Å². The van der Waals surface area contributed by atoms with Crippen molar-refractivity contribution in [1.29, 1.82) is 0 Å². The fourth-order valence-electron chi connectivity index (χ4n) is 3.71. The fraction of sp³-hybridized carbons (Fsp3) is 0.160. The summed E-state index contributed by atoms with van der Waals surface area (Å²) in [7, 11) is 1.34. The van der Waals surface area contributed by atoms with E-state index in [0.29, 0.717) is 38.8 Å². The van der Waals surface area contributed by atoms with Crippen LogP contribution in [0.25, 0.3) is 22.2 Å². The highest BCUT2D eigenvalue weighted by Gasteiger charge is 2.24. The molecule has 2 aromatic heterocycles. The molecule has 162 valence electrons. The van der Waals surface area contributed by atoms with E-state index in [-0.39, 0.29) is 5.91 Å². The summed E-state index contributed by atoms with van der Waals surface area (Å²) in [6, 6.07) is 16.6. The van der Waals surface area contributed by atoms with Crippen LogP contribution in [0.4, 0.5) is 5.00 Å². The Morgan fingerprint density at radius 1 is 1.12 bits per heavy atom. The van der Waals surface area contributed by atoms with Crippen LogP contribution >= 0.6 is 22.9 Å². The second-order valence-corrected chi connectivity index (χ2v) is 8.88. The number of hydrogen-bond acceptors (Lipinski definition) is 5. The first kappa shape index (κ1) is 22.0. The number of fused-ring (bicyclic) bond motifs is 1. The average molecular weight is 465 g/mol. The van der Waals surface area contributed by atoms with Crippen LogP contribution in [0.3, 0.4) is 0 Å². The average Bonchev–Trinajstić information content (AvgIpc) is 3.12. The number of thiophene rings is 1. The maximum atomic E-state index is 13.4. The van der Waals surface area contributed by atoms with Crippen molar-refractivity contribution >= 4 is 50.7 Å². The number of aryl methyl sites for hydroxylation is 1.